The van der Waals surface area contributed by atoms with Gasteiger partial charge in [-0.05, 0) is 80.4 Å². The molecule has 1 aromatic rings. The third-order valence-corrected chi connectivity index (χ3v) is 8.61. The summed E-state index contributed by atoms with van der Waals surface area (Å²) in [4.78, 5) is 15.6. The van der Waals surface area contributed by atoms with Crippen molar-refractivity contribution in [1.82, 2.24) is 4.90 Å². The Bertz CT molecular complexity index is 934. The van der Waals surface area contributed by atoms with E-state index in [4.69, 9.17) is 4.74 Å². The van der Waals surface area contributed by atoms with Gasteiger partial charge in [0, 0.05) is 30.0 Å². The van der Waals surface area contributed by atoms with Crippen molar-refractivity contribution >= 4 is 5.91 Å². The summed E-state index contributed by atoms with van der Waals surface area (Å²) < 4.78 is 20.6. The van der Waals surface area contributed by atoms with E-state index in [1.807, 2.05) is 13.8 Å². The molecule has 4 atom stereocenters. The Morgan fingerprint density at radius 1 is 1.22 bits per heavy atom. The second-order valence-corrected chi connectivity index (χ2v) is 10.7. The molecule has 0 N–H and O–H groups in total. The number of rotatable bonds is 4. The quantitative estimate of drug-likeness (QED) is 0.587. The molecule has 3 aliphatic carbocycles. The number of ether oxygens (including phenoxy) is 1. The first-order chi connectivity index (χ1) is 15.5. The lowest BCUT2D eigenvalue weighted by molar-refractivity contribution is -0.154. The molecule has 3 aliphatic heterocycles. The maximum Gasteiger partial charge on any atom is 0.223 e. The zero-order valence-electron chi connectivity index (χ0n) is 19.6. The zero-order chi connectivity index (χ0) is 22.6. The van der Waals surface area contributed by atoms with Gasteiger partial charge < -0.3 is 9.64 Å². The first kappa shape index (κ1) is 21.7. The van der Waals surface area contributed by atoms with Crippen LogP contribution in [0.25, 0.3) is 0 Å². The van der Waals surface area contributed by atoms with Crippen LogP contribution in [0.1, 0.15) is 95.1 Å². The fourth-order valence-electron chi connectivity index (χ4n) is 7.29. The van der Waals surface area contributed by atoms with Crippen LogP contribution in [-0.4, -0.2) is 29.5 Å². The van der Waals surface area contributed by atoms with Gasteiger partial charge in [0.1, 0.15) is 11.6 Å². The van der Waals surface area contributed by atoms with Crippen LogP contribution in [0.4, 0.5) is 4.39 Å². The number of halogens is 1. The Morgan fingerprint density at radius 3 is 2.53 bits per heavy atom. The number of benzene rings is 1. The van der Waals surface area contributed by atoms with Crippen molar-refractivity contribution in [3.05, 3.63) is 29.1 Å². The van der Waals surface area contributed by atoms with Gasteiger partial charge in [-0.15, -0.1) is 0 Å². The first-order valence-electron chi connectivity index (χ1n) is 12.7. The average Bonchev–Trinajstić information content (AvgIpc) is 3.52. The second kappa shape index (κ2) is 8.04. The number of carbonyl (C=O) groups excluding carboxylic acids is 1. The summed E-state index contributed by atoms with van der Waals surface area (Å²) >= 11 is 0. The minimum Gasteiger partial charge on any atom is -0.493 e. The number of hydrogen-bond acceptors (Lipinski definition) is 3. The molecule has 4 bridgehead atoms. The molecule has 32 heavy (non-hydrogen) atoms. The van der Waals surface area contributed by atoms with E-state index >= 15 is 0 Å². The van der Waals surface area contributed by atoms with Crippen molar-refractivity contribution in [3.8, 4) is 11.8 Å². The summed E-state index contributed by atoms with van der Waals surface area (Å²) in [6.07, 6.45) is 7.43. The van der Waals surface area contributed by atoms with Crippen LogP contribution >= 0.6 is 0 Å². The van der Waals surface area contributed by atoms with E-state index in [-0.39, 0.29) is 41.1 Å². The number of carbonyl (C=O) groups is 1. The Labute approximate surface area is 191 Å². The van der Waals surface area contributed by atoms with Crippen molar-refractivity contribution in [3.63, 3.8) is 0 Å². The summed E-state index contributed by atoms with van der Waals surface area (Å²) in [6, 6.07) is 6.38. The molecular formula is C27H35FN2O2. The maximum atomic E-state index is 14.6. The Hall–Kier alpha value is -2.09. The Balaban J connectivity index is 0.00000105. The summed E-state index contributed by atoms with van der Waals surface area (Å²) in [5.41, 5.74) is 1.69. The molecular weight excluding hydrogens is 403 g/mol. The summed E-state index contributed by atoms with van der Waals surface area (Å²) in [5.74, 6) is 2.05. The molecule has 2 saturated heterocycles. The van der Waals surface area contributed by atoms with Gasteiger partial charge in [0.25, 0.3) is 0 Å². The molecule has 3 saturated carbocycles. The van der Waals surface area contributed by atoms with Crippen molar-refractivity contribution in [1.29, 1.82) is 5.26 Å². The fourth-order valence-corrected chi connectivity index (χ4v) is 7.29. The lowest BCUT2D eigenvalue weighted by Crippen LogP contribution is -2.63. The van der Waals surface area contributed by atoms with Gasteiger partial charge >= 0.3 is 0 Å². The van der Waals surface area contributed by atoms with Crippen molar-refractivity contribution < 1.29 is 13.9 Å². The molecule has 5 heteroatoms. The molecule has 0 spiro atoms. The predicted octanol–water partition coefficient (Wildman–Crippen LogP) is 5.91. The van der Waals surface area contributed by atoms with Gasteiger partial charge in [0.05, 0.1) is 18.1 Å². The molecule has 5 fully saturated rings. The lowest BCUT2D eigenvalue weighted by atomic mass is 9.56. The van der Waals surface area contributed by atoms with Gasteiger partial charge in [-0.2, -0.15) is 5.26 Å². The van der Waals surface area contributed by atoms with Crippen LogP contribution < -0.4 is 4.74 Å². The fraction of sp³-hybridized carbons (Fsp3) is 0.704. The van der Waals surface area contributed by atoms with Crippen LogP contribution in [-0.2, 0) is 4.79 Å². The van der Waals surface area contributed by atoms with E-state index in [2.05, 4.69) is 17.9 Å². The van der Waals surface area contributed by atoms with Gasteiger partial charge in [0.15, 0.2) is 0 Å². The minimum atomic E-state index is -0.187. The number of piperidine rings is 2. The smallest absolute Gasteiger partial charge is 0.223 e. The summed E-state index contributed by atoms with van der Waals surface area (Å²) in [7, 11) is 0. The van der Waals surface area contributed by atoms with Crippen LogP contribution in [0.3, 0.4) is 0 Å². The molecule has 1 aromatic carbocycles. The zero-order valence-corrected chi connectivity index (χ0v) is 19.6. The standard InChI is InChI=1S/C25H29FN2O2.C2H6/c1-14(19-12-30-21-5-4-20(26)23(24(19)21)16-2-3-16)6-22(29)28-17-7-15-8-18(28)11-25(9-15,10-17)13-27;1-2/h4-5,14-19H,2-3,6-12H2,1H3;1-2H3. The van der Waals surface area contributed by atoms with E-state index in [9.17, 15) is 14.4 Å². The number of nitriles is 1. The largest absolute Gasteiger partial charge is 0.493 e. The van der Waals surface area contributed by atoms with Gasteiger partial charge in [-0.3, -0.25) is 4.79 Å². The van der Waals surface area contributed by atoms with Gasteiger partial charge in [0.2, 0.25) is 5.91 Å². The van der Waals surface area contributed by atoms with E-state index in [1.54, 1.807) is 6.07 Å². The van der Waals surface area contributed by atoms with Crippen LogP contribution in [0.15, 0.2) is 12.1 Å². The maximum absolute atomic E-state index is 14.6. The first-order valence-corrected chi connectivity index (χ1v) is 12.7. The van der Waals surface area contributed by atoms with Gasteiger partial charge in [-0.25, -0.2) is 4.39 Å². The lowest BCUT2D eigenvalue weighted by Gasteiger charge is -2.59. The summed E-state index contributed by atoms with van der Waals surface area (Å²) in [5, 5.41) is 9.74. The van der Waals surface area contributed by atoms with Crippen molar-refractivity contribution in [2.45, 2.75) is 96.1 Å². The number of nitrogens with zero attached hydrogens (tertiary/aromatic N) is 2. The summed E-state index contributed by atoms with van der Waals surface area (Å²) in [6.45, 7) is 6.66. The molecule has 4 nitrogen and oxygen atoms in total. The Kier molecular flexibility index (Phi) is 5.47. The molecule has 7 rings (SSSR count). The van der Waals surface area contributed by atoms with Gasteiger partial charge in [-0.1, -0.05) is 20.8 Å². The van der Waals surface area contributed by atoms with E-state index in [0.29, 0.717) is 24.9 Å². The predicted molar refractivity (Wildman–Crippen MR) is 121 cm³/mol. The number of hydrogen-bond donors (Lipinski definition) is 0. The normalized spacial score (nSPS) is 34.8. The molecule has 1 amide bonds. The van der Waals surface area contributed by atoms with Crippen LogP contribution in [0, 0.1) is 34.4 Å². The number of fused-ring (bicyclic) bond motifs is 1. The third kappa shape index (κ3) is 3.42. The topological polar surface area (TPSA) is 53.3 Å². The highest BCUT2D eigenvalue weighted by atomic mass is 19.1. The van der Waals surface area contributed by atoms with E-state index < -0.39 is 0 Å². The van der Waals surface area contributed by atoms with Crippen molar-refractivity contribution in [2.75, 3.05) is 6.61 Å². The molecule has 6 aliphatic rings. The minimum absolute atomic E-state index is 0.0822. The van der Waals surface area contributed by atoms with Crippen molar-refractivity contribution in [2.24, 2.45) is 17.3 Å². The molecule has 4 unspecified atom stereocenters. The molecule has 0 radical (unpaired) electrons. The van der Waals surface area contributed by atoms with Crippen LogP contribution in [0.2, 0.25) is 0 Å². The van der Waals surface area contributed by atoms with E-state index in [1.165, 1.54) is 6.07 Å². The second-order valence-electron chi connectivity index (χ2n) is 10.7. The molecule has 172 valence electrons. The highest BCUT2D eigenvalue weighted by Gasteiger charge is 2.56. The highest BCUT2D eigenvalue weighted by Crippen LogP contribution is 2.56. The number of amides is 1. The monoisotopic (exact) mass is 438 g/mol. The molecule has 3 heterocycles. The SMILES string of the molecule is CC.CC(CC(=O)N1C2CC3CC1CC(C#N)(C3)C2)C1COc2ccc(F)c(C3CC3)c21. The Morgan fingerprint density at radius 2 is 1.91 bits per heavy atom. The average molecular weight is 439 g/mol. The van der Waals surface area contributed by atoms with Crippen LogP contribution in [0.5, 0.6) is 5.75 Å². The highest BCUT2D eigenvalue weighted by molar-refractivity contribution is 5.78. The molecule has 0 aromatic heterocycles. The van der Waals surface area contributed by atoms with E-state index in [0.717, 1.165) is 61.8 Å². The third-order valence-electron chi connectivity index (χ3n) is 8.61.